The first-order valence-corrected chi connectivity index (χ1v) is 11.3. The predicted molar refractivity (Wildman–Crippen MR) is 122 cm³/mol. The number of carbonyl (C=O) groups excluding carboxylic acids is 1. The van der Waals surface area contributed by atoms with Crippen LogP contribution < -0.4 is 15.1 Å². The van der Waals surface area contributed by atoms with Crippen LogP contribution >= 0.6 is 0 Å². The second-order valence-electron chi connectivity index (χ2n) is 8.30. The number of aromatic nitrogens is 3. The standard InChI is InChI=1S/C22H27F3N6O4/c1-14(2)35-21(32)28-18-11-16(22(23,24)25)15(13-26-18)17-12-19(30-3-7-33-8-4-30)29-20(27-17)31-5-9-34-10-6-31/h11-14H,3-10H2,1-2H3,(H,26,28,32). The molecule has 1 amide bonds. The molecule has 2 saturated heterocycles. The SMILES string of the molecule is CC(C)OC(=O)Nc1cc(C(F)(F)F)c(-c2cc(N3CCOCC3)nc(N3CCOCC3)n2)cn1. The van der Waals surface area contributed by atoms with E-state index in [4.69, 9.17) is 14.2 Å². The zero-order chi connectivity index (χ0) is 25.0. The zero-order valence-corrected chi connectivity index (χ0v) is 19.5. The second-order valence-corrected chi connectivity index (χ2v) is 8.30. The van der Waals surface area contributed by atoms with Crippen LogP contribution in [-0.2, 0) is 20.4 Å². The van der Waals surface area contributed by atoms with Crippen LogP contribution in [0.1, 0.15) is 19.4 Å². The summed E-state index contributed by atoms with van der Waals surface area (Å²) in [4.78, 5) is 28.8. The molecule has 4 heterocycles. The maximum atomic E-state index is 14.1. The first-order chi connectivity index (χ1) is 16.7. The van der Waals surface area contributed by atoms with Crippen LogP contribution in [0.15, 0.2) is 18.3 Å². The van der Waals surface area contributed by atoms with Crippen LogP contribution in [0.5, 0.6) is 0 Å². The van der Waals surface area contributed by atoms with E-state index in [1.807, 2.05) is 9.80 Å². The van der Waals surface area contributed by atoms with Crippen LogP contribution in [0.3, 0.4) is 0 Å². The van der Waals surface area contributed by atoms with Crippen molar-refractivity contribution >= 4 is 23.7 Å². The van der Waals surface area contributed by atoms with Gasteiger partial charge in [0, 0.05) is 44.0 Å². The largest absolute Gasteiger partial charge is 0.447 e. The third-order valence-electron chi connectivity index (χ3n) is 5.39. The molecule has 0 unspecified atom stereocenters. The minimum Gasteiger partial charge on any atom is -0.447 e. The first-order valence-electron chi connectivity index (χ1n) is 11.3. The summed E-state index contributed by atoms with van der Waals surface area (Å²) in [5, 5.41) is 2.24. The second kappa shape index (κ2) is 10.6. The van der Waals surface area contributed by atoms with Gasteiger partial charge in [-0.25, -0.2) is 14.8 Å². The third-order valence-corrected chi connectivity index (χ3v) is 5.39. The highest BCUT2D eigenvalue weighted by Gasteiger charge is 2.35. The van der Waals surface area contributed by atoms with Gasteiger partial charge >= 0.3 is 12.3 Å². The Morgan fingerprint density at radius 3 is 2.26 bits per heavy atom. The number of amides is 1. The van der Waals surface area contributed by atoms with Gasteiger partial charge in [0.2, 0.25) is 5.95 Å². The van der Waals surface area contributed by atoms with E-state index in [0.29, 0.717) is 64.4 Å². The summed E-state index contributed by atoms with van der Waals surface area (Å²) in [6.45, 7) is 7.37. The molecule has 0 aromatic carbocycles. The Morgan fingerprint density at radius 2 is 1.66 bits per heavy atom. The van der Waals surface area contributed by atoms with Crippen molar-refractivity contribution in [2.75, 3.05) is 67.7 Å². The van der Waals surface area contributed by atoms with Crippen molar-refractivity contribution in [1.29, 1.82) is 0 Å². The smallest absolute Gasteiger partial charge is 0.417 e. The molecule has 10 nitrogen and oxygen atoms in total. The number of hydrogen-bond donors (Lipinski definition) is 1. The van der Waals surface area contributed by atoms with Crippen molar-refractivity contribution in [3.63, 3.8) is 0 Å². The molecule has 2 aromatic rings. The maximum Gasteiger partial charge on any atom is 0.417 e. The molecule has 2 aromatic heterocycles. The van der Waals surface area contributed by atoms with Crippen molar-refractivity contribution in [3.8, 4) is 11.3 Å². The minimum absolute atomic E-state index is 0.0825. The Balaban J connectivity index is 1.75. The van der Waals surface area contributed by atoms with Gasteiger partial charge < -0.3 is 24.0 Å². The van der Waals surface area contributed by atoms with E-state index < -0.39 is 23.9 Å². The highest BCUT2D eigenvalue weighted by atomic mass is 19.4. The van der Waals surface area contributed by atoms with E-state index in [0.717, 1.165) is 12.3 Å². The van der Waals surface area contributed by atoms with E-state index in [2.05, 4.69) is 20.3 Å². The summed E-state index contributed by atoms with van der Waals surface area (Å²) in [5.74, 6) is 0.557. The fourth-order valence-electron chi connectivity index (χ4n) is 3.73. The van der Waals surface area contributed by atoms with Gasteiger partial charge in [-0.3, -0.25) is 5.32 Å². The van der Waals surface area contributed by atoms with Crippen molar-refractivity contribution in [2.45, 2.75) is 26.1 Å². The molecule has 0 bridgehead atoms. The predicted octanol–water partition coefficient (Wildman–Crippen LogP) is 3.19. The molecule has 2 fully saturated rings. The molecule has 0 aliphatic carbocycles. The van der Waals surface area contributed by atoms with Gasteiger partial charge in [0.05, 0.1) is 43.8 Å². The number of alkyl halides is 3. The molecule has 4 rings (SSSR count). The Hall–Kier alpha value is -3.19. The fourth-order valence-corrected chi connectivity index (χ4v) is 3.73. The molecule has 190 valence electrons. The number of pyridine rings is 1. The Morgan fingerprint density at radius 1 is 1.03 bits per heavy atom. The first kappa shape index (κ1) is 24.9. The molecular formula is C22H27F3N6O4. The van der Waals surface area contributed by atoms with Crippen LogP contribution in [-0.4, -0.2) is 79.8 Å². The lowest BCUT2D eigenvalue weighted by Gasteiger charge is -2.31. The van der Waals surface area contributed by atoms with Gasteiger partial charge in [0.15, 0.2) is 0 Å². The highest BCUT2D eigenvalue weighted by Crippen LogP contribution is 2.38. The average molecular weight is 496 g/mol. The van der Waals surface area contributed by atoms with E-state index in [9.17, 15) is 18.0 Å². The zero-order valence-electron chi connectivity index (χ0n) is 19.5. The van der Waals surface area contributed by atoms with Gasteiger partial charge in [0.25, 0.3) is 0 Å². The number of morpholine rings is 2. The summed E-state index contributed by atoms with van der Waals surface area (Å²) in [6.07, 6.45) is -4.99. The van der Waals surface area contributed by atoms with Crippen LogP contribution in [0.25, 0.3) is 11.3 Å². The quantitative estimate of drug-likeness (QED) is 0.669. The number of nitrogens with one attached hydrogen (secondary N) is 1. The summed E-state index contributed by atoms with van der Waals surface area (Å²) in [5.41, 5.74) is -1.11. The van der Waals surface area contributed by atoms with E-state index in [1.165, 1.54) is 6.07 Å². The molecule has 0 radical (unpaired) electrons. The van der Waals surface area contributed by atoms with Gasteiger partial charge in [-0.1, -0.05) is 0 Å². The third kappa shape index (κ3) is 6.28. The summed E-state index contributed by atoms with van der Waals surface area (Å²) in [6, 6.07) is 2.31. The van der Waals surface area contributed by atoms with Crippen LogP contribution in [0.2, 0.25) is 0 Å². The molecule has 0 atom stereocenters. The summed E-state index contributed by atoms with van der Waals surface area (Å²) < 4.78 is 58.0. The molecule has 0 spiro atoms. The summed E-state index contributed by atoms with van der Waals surface area (Å²) in [7, 11) is 0. The van der Waals surface area contributed by atoms with E-state index in [1.54, 1.807) is 13.8 Å². The van der Waals surface area contributed by atoms with Gasteiger partial charge in [-0.15, -0.1) is 0 Å². The van der Waals surface area contributed by atoms with Crippen LogP contribution in [0, 0.1) is 0 Å². The lowest BCUT2D eigenvalue weighted by atomic mass is 10.1. The van der Waals surface area contributed by atoms with E-state index in [-0.39, 0.29) is 17.1 Å². The number of carbonyl (C=O) groups is 1. The van der Waals surface area contributed by atoms with Crippen LogP contribution in [0.4, 0.5) is 35.5 Å². The molecule has 2 aliphatic rings. The highest BCUT2D eigenvalue weighted by molar-refractivity contribution is 5.84. The van der Waals surface area contributed by atoms with E-state index >= 15 is 0 Å². The monoisotopic (exact) mass is 496 g/mol. The Kier molecular flexibility index (Phi) is 7.55. The normalized spacial score (nSPS) is 17.0. The summed E-state index contributed by atoms with van der Waals surface area (Å²) >= 11 is 0. The molecule has 35 heavy (non-hydrogen) atoms. The van der Waals surface area contributed by atoms with Crippen molar-refractivity contribution in [2.24, 2.45) is 0 Å². The molecule has 1 N–H and O–H groups in total. The van der Waals surface area contributed by atoms with Crippen molar-refractivity contribution < 1.29 is 32.2 Å². The number of ether oxygens (including phenoxy) is 3. The average Bonchev–Trinajstić information content (AvgIpc) is 2.84. The Labute approximate surface area is 200 Å². The minimum atomic E-state index is -4.72. The number of anilines is 3. The fraction of sp³-hybridized carbons (Fsp3) is 0.545. The van der Waals surface area contributed by atoms with Gasteiger partial charge in [-0.2, -0.15) is 18.2 Å². The number of rotatable bonds is 5. The van der Waals surface area contributed by atoms with Gasteiger partial charge in [0.1, 0.15) is 11.6 Å². The lowest BCUT2D eigenvalue weighted by molar-refractivity contribution is -0.137. The lowest BCUT2D eigenvalue weighted by Crippen LogP contribution is -2.39. The molecular weight excluding hydrogens is 469 g/mol. The molecule has 13 heteroatoms. The maximum absolute atomic E-state index is 14.1. The number of nitrogens with zero attached hydrogens (tertiary/aromatic N) is 5. The Bertz CT molecular complexity index is 1000. The number of hydrogen-bond acceptors (Lipinski definition) is 9. The molecule has 2 aliphatic heterocycles. The van der Waals surface area contributed by atoms with Crippen molar-refractivity contribution in [3.05, 3.63) is 23.9 Å². The van der Waals surface area contributed by atoms with Crippen molar-refractivity contribution in [1.82, 2.24) is 15.0 Å². The number of halogens is 3. The van der Waals surface area contributed by atoms with Gasteiger partial charge in [-0.05, 0) is 19.9 Å². The molecule has 0 saturated carbocycles. The topological polar surface area (TPSA) is 102 Å².